The number of nitrogens with zero attached hydrogens (tertiary/aromatic N) is 1. The molecule has 3 unspecified atom stereocenters. The topological polar surface area (TPSA) is 46.6 Å². The van der Waals surface area contributed by atoms with E-state index in [1.54, 1.807) is 6.92 Å². The zero-order valence-electron chi connectivity index (χ0n) is 10.6. The van der Waals surface area contributed by atoms with E-state index < -0.39 is 0 Å². The molecule has 4 nitrogen and oxygen atoms in total. The Bertz CT molecular complexity index is 316. The van der Waals surface area contributed by atoms with Crippen molar-refractivity contribution in [3.63, 3.8) is 0 Å². The van der Waals surface area contributed by atoms with E-state index in [2.05, 4.69) is 0 Å². The van der Waals surface area contributed by atoms with Crippen molar-refractivity contribution >= 4 is 11.9 Å². The highest BCUT2D eigenvalue weighted by molar-refractivity contribution is 5.74. The average molecular weight is 239 g/mol. The number of carbonyl (C=O) groups is 2. The van der Waals surface area contributed by atoms with Crippen molar-refractivity contribution in [2.45, 2.75) is 45.6 Å². The number of rotatable bonds is 3. The minimum Gasteiger partial charge on any atom is -0.466 e. The number of hydrogen-bond acceptors (Lipinski definition) is 3. The summed E-state index contributed by atoms with van der Waals surface area (Å²) in [5, 5.41) is 0. The van der Waals surface area contributed by atoms with Gasteiger partial charge in [0.25, 0.3) is 0 Å². The quantitative estimate of drug-likeness (QED) is 0.703. The van der Waals surface area contributed by atoms with Crippen LogP contribution in [0.1, 0.15) is 39.5 Å². The van der Waals surface area contributed by atoms with Gasteiger partial charge in [-0.2, -0.15) is 0 Å². The Labute approximate surface area is 102 Å². The van der Waals surface area contributed by atoms with E-state index in [0.29, 0.717) is 30.9 Å². The summed E-state index contributed by atoms with van der Waals surface area (Å²) in [5.41, 5.74) is 0. The molecule has 17 heavy (non-hydrogen) atoms. The fourth-order valence-corrected chi connectivity index (χ4v) is 3.30. The van der Waals surface area contributed by atoms with E-state index in [0.717, 1.165) is 25.8 Å². The molecule has 3 atom stereocenters. The van der Waals surface area contributed by atoms with Gasteiger partial charge in [0.2, 0.25) is 5.91 Å². The van der Waals surface area contributed by atoms with Gasteiger partial charge >= 0.3 is 5.97 Å². The summed E-state index contributed by atoms with van der Waals surface area (Å²) in [5.74, 6) is 1.00. The zero-order valence-corrected chi connectivity index (χ0v) is 10.6. The standard InChI is InChI=1S/C13H21NO3/c1-3-17-13(16)7-10-4-5-12-6-11(10)8-14(12)9(2)15/h10-12H,3-8H2,1-2H3. The Hall–Kier alpha value is -1.06. The molecule has 1 saturated carbocycles. The van der Waals surface area contributed by atoms with Crippen LogP contribution in [0.25, 0.3) is 0 Å². The third-order valence-corrected chi connectivity index (χ3v) is 4.12. The monoisotopic (exact) mass is 239 g/mol. The number of carbonyl (C=O) groups excluding carboxylic acids is 2. The van der Waals surface area contributed by atoms with E-state index >= 15 is 0 Å². The van der Waals surface area contributed by atoms with Crippen molar-refractivity contribution in [2.75, 3.05) is 13.2 Å². The van der Waals surface area contributed by atoms with Crippen molar-refractivity contribution < 1.29 is 14.3 Å². The van der Waals surface area contributed by atoms with E-state index in [9.17, 15) is 9.59 Å². The van der Waals surface area contributed by atoms with Crippen LogP contribution in [0.15, 0.2) is 0 Å². The summed E-state index contributed by atoms with van der Waals surface area (Å²) >= 11 is 0. The van der Waals surface area contributed by atoms with E-state index in [4.69, 9.17) is 4.74 Å². The summed E-state index contributed by atoms with van der Waals surface area (Å²) in [7, 11) is 0. The van der Waals surface area contributed by atoms with Gasteiger partial charge in [-0.05, 0) is 38.0 Å². The fraction of sp³-hybridized carbons (Fsp3) is 0.846. The molecule has 1 heterocycles. The van der Waals surface area contributed by atoms with Gasteiger partial charge in [-0.1, -0.05) is 0 Å². The Morgan fingerprint density at radius 1 is 1.35 bits per heavy atom. The van der Waals surface area contributed by atoms with Crippen LogP contribution in [-0.2, 0) is 14.3 Å². The van der Waals surface area contributed by atoms with Crippen LogP contribution in [-0.4, -0.2) is 36.0 Å². The summed E-state index contributed by atoms with van der Waals surface area (Å²) in [6.07, 6.45) is 3.69. The first-order valence-electron chi connectivity index (χ1n) is 6.54. The van der Waals surface area contributed by atoms with Crippen LogP contribution in [0.4, 0.5) is 0 Å². The third-order valence-electron chi connectivity index (χ3n) is 4.12. The molecular formula is C13H21NO3. The van der Waals surface area contributed by atoms with Crippen LogP contribution in [0.2, 0.25) is 0 Å². The maximum atomic E-state index is 11.5. The molecule has 1 aliphatic carbocycles. The Morgan fingerprint density at radius 3 is 2.76 bits per heavy atom. The van der Waals surface area contributed by atoms with E-state index in [1.165, 1.54) is 0 Å². The van der Waals surface area contributed by atoms with Crippen molar-refractivity contribution in [3.05, 3.63) is 0 Å². The maximum Gasteiger partial charge on any atom is 0.306 e. The first kappa shape index (κ1) is 12.4. The second-order valence-electron chi connectivity index (χ2n) is 5.17. The minimum atomic E-state index is -0.0859. The molecule has 0 radical (unpaired) electrons. The average Bonchev–Trinajstić information content (AvgIpc) is 2.62. The molecule has 0 N–H and O–H groups in total. The molecule has 2 fully saturated rings. The van der Waals surface area contributed by atoms with Crippen molar-refractivity contribution in [3.8, 4) is 0 Å². The molecule has 96 valence electrons. The molecule has 2 aliphatic rings. The zero-order chi connectivity index (χ0) is 12.4. The molecule has 2 rings (SSSR count). The largest absolute Gasteiger partial charge is 0.466 e. The maximum absolute atomic E-state index is 11.5. The molecular weight excluding hydrogens is 218 g/mol. The summed E-state index contributed by atoms with van der Waals surface area (Å²) in [6.45, 7) is 4.77. The summed E-state index contributed by atoms with van der Waals surface area (Å²) < 4.78 is 5.01. The number of amides is 1. The third kappa shape index (κ3) is 2.61. The number of hydrogen-bond donors (Lipinski definition) is 0. The normalized spacial score (nSPS) is 31.4. The van der Waals surface area contributed by atoms with Crippen LogP contribution < -0.4 is 0 Å². The number of fused-ring (bicyclic) bond motifs is 2. The number of esters is 1. The second kappa shape index (κ2) is 5.07. The highest BCUT2D eigenvalue weighted by Crippen LogP contribution is 2.41. The molecule has 1 saturated heterocycles. The summed E-state index contributed by atoms with van der Waals surface area (Å²) in [4.78, 5) is 24.9. The van der Waals surface area contributed by atoms with E-state index in [-0.39, 0.29) is 11.9 Å². The number of ether oxygens (including phenoxy) is 1. The molecule has 1 aliphatic heterocycles. The van der Waals surface area contributed by atoms with Gasteiger partial charge in [0.05, 0.1) is 6.61 Å². The molecule has 0 aromatic rings. The van der Waals surface area contributed by atoms with Gasteiger partial charge in [-0.25, -0.2) is 0 Å². The van der Waals surface area contributed by atoms with Crippen molar-refractivity contribution in [2.24, 2.45) is 11.8 Å². The Balaban J connectivity index is 1.92. The van der Waals surface area contributed by atoms with Crippen molar-refractivity contribution in [1.29, 1.82) is 0 Å². The molecule has 0 spiro atoms. The first-order valence-corrected chi connectivity index (χ1v) is 6.54. The van der Waals surface area contributed by atoms with Gasteiger partial charge in [-0.3, -0.25) is 9.59 Å². The lowest BCUT2D eigenvalue weighted by molar-refractivity contribution is -0.144. The summed E-state index contributed by atoms with van der Waals surface area (Å²) in [6, 6.07) is 0.427. The molecule has 0 aromatic heterocycles. The first-order chi connectivity index (χ1) is 8.11. The van der Waals surface area contributed by atoms with E-state index in [1.807, 2.05) is 11.8 Å². The highest BCUT2D eigenvalue weighted by Gasteiger charge is 2.42. The van der Waals surface area contributed by atoms with Crippen molar-refractivity contribution in [1.82, 2.24) is 4.90 Å². The minimum absolute atomic E-state index is 0.0859. The van der Waals surface area contributed by atoms with Gasteiger partial charge < -0.3 is 9.64 Å². The highest BCUT2D eigenvalue weighted by atomic mass is 16.5. The second-order valence-corrected chi connectivity index (χ2v) is 5.17. The predicted octanol–water partition coefficient (Wildman–Crippen LogP) is 1.59. The van der Waals surface area contributed by atoms with Crippen LogP contribution >= 0.6 is 0 Å². The fourth-order valence-electron chi connectivity index (χ4n) is 3.30. The number of likely N-dealkylation sites (tertiary alicyclic amines) is 1. The molecule has 1 amide bonds. The van der Waals surface area contributed by atoms with Gasteiger partial charge in [-0.15, -0.1) is 0 Å². The molecule has 0 aromatic carbocycles. The smallest absolute Gasteiger partial charge is 0.306 e. The molecule has 2 bridgehead atoms. The van der Waals surface area contributed by atoms with Crippen LogP contribution in [0.5, 0.6) is 0 Å². The Kier molecular flexibility index (Phi) is 3.69. The van der Waals surface area contributed by atoms with Gasteiger partial charge in [0.15, 0.2) is 0 Å². The lowest BCUT2D eigenvalue weighted by Gasteiger charge is -2.27. The lowest BCUT2D eigenvalue weighted by atomic mass is 9.78. The molecule has 4 heteroatoms. The van der Waals surface area contributed by atoms with Gasteiger partial charge in [0.1, 0.15) is 0 Å². The Morgan fingerprint density at radius 2 is 2.12 bits per heavy atom. The predicted molar refractivity (Wildman–Crippen MR) is 63.3 cm³/mol. The van der Waals surface area contributed by atoms with Gasteiger partial charge in [0, 0.05) is 25.9 Å². The van der Waals surface area contributed by atoms with Crippen LogP contribution in [0, 0.1) is 11.8 Å². The van der Waals surface area contributed by atoms with Crippen LogP contribution in [0.3, 0.4) is 0 Å². The SMILES string of the molecule is CCOC(=O)CC1CCC2CC1CN2C(C)=O. The lowest BCUT2D eigenvalue weighted by Crippen LogP contribution is -2.33.